The van der Waals surface area contributed by atoms with Gasteiger partial charge in [-0.05, 0) is 38.0 Å². The number of carbonyl (C=O) groups excluding carboxylic acids is 5. The van der Waals surface area contributed by atoms with Crippen molar-refractivity contribution < 1.29 is 28.2 Å². The molecule has 3 saturated heterocycles. The molecule has 0 aliphatic carbocycles. The minimum Gasteiger partial charge on any atom is -0.354 e. The van der Waals surface area contributed by atoms with E-state index in [2.05, 4.69) is 16.0 Å². The minimum absolute atomic E-state index is 0.248. The molecule has 0 spiro atoms. The maximum atomic E-state index is 13.4. The SMILES string of the molecule is CC(C)[C@@H]1NC(=O)[C@H]2CCCN2C(=O)[C@@H]2CCCN2C(=O)C[C@H](C(=O)NCCCS(C)=O)NC1=O. The molecule has 0 aromatic carbocycles. The normalized spacial score (nSPS) is 28.9. The van der Waals surface area contributed by atoms with Gasteiger partial charge in [0, 0.05) is 42.4 Å². The zero-order valence-corrected chi connectivity index (χ0v) is 21.5. The Morgan fingerprint density at radius 2 is 1.69 bits per heavy atom. The largest absolute Gasteiger partial charge is 0.354 e. The van der Waals surface area contributed by atoms with Crippen molar-refractivity contribution in [2.45, 2.75) is 76.5 Å². The maximum absolute atomic E-state index is 13.4. The summed E-state index contributed by atoms with van der Waals surface area (Å²) in [5.74, 6) is -1.96. The van der Waals surface area contributed by atoms with Crippen LogP contribution in [0.5, 0.6) is 0 Å². The van der Waals surface area contributed by atoms with E-state index < -0.39 is 52.7 Å². The number of rotatable bonds is 6. The molecule has 35 heavy (non-hydrogen) atoms. The number of amides is 5. The summed E-state index contributed by atoms with van der Waals surface area (Å²) >= 11 is 0. The summed E-state index contributed by atoms with van der Waals surface area (Å²) in [5, 5.41) is 8.15. The second kappa shape index (κ2) is 12.0. The first kappa shape index (κ1) is 27.1. The average molecular weight is 512 g/mol. The Morgan fingerprint density at radius 3 is 2.34 bits per heavy atom. The van der Waals surface area contributed by atoms with Gasteiger partial charge in [-0.1, -0.05) is 13.8 Å². The Hall–Kier alpha value is -2.50. The number of hydrogen-bond donors (Lipinski definition) is 3. The molecule has 3 heterocycles. The Labute approximate surface area is 208 Å². The van der Waals surface area contributed by atoms with E-state index >= 15 is 0 Å². The Balaban J connectivity index is 1.87. The second-order valence-corrected chi connectivity index (χ2v) is 11.4. The molecular formula is C23H37N5O6S. The summed E-state index contributed by atoms with van der Waals surface area (Å²) in [5.41, 5.74) is 0. The maximum Gasteiger partial charge on any atom is 0.246 e. The fourth-order valence-corrected chi connectivity index (χ4v) is 5.52. The zero-order chi connectivity index (χ0) is 25.7. The van der Waals surface area contributed by atoms with Crippen LogP contribution >= 0.6 is 0 Å². The van der Waals surface area contributed by atoms with Gasteiger partial charge < -0.3 is 25.8 Å². The number of carbonyl (C=O) groups is 5. The van der Waals surface area contributed by atoms with E-state index in [-0.39, 0.29) is 30.7 Å². The Morgan fingerprint density at radius 1 is 1.03 bits per heavy atom. The molecule has 3 N–H and O–H groups in total. The summed E-state index contributed by atoms with van der Waals surface area (Å²) in [6, 6.07) is -3.43. The van der Waals surface area contributed by atoms with Crippen LogP contribution in [0.25, 0.3) is 0 Å². The first-order valence-electron chi connectivity index (χ1n) is 12.4. The van der Waals surface area contributed by atoms with E-state index in [9.17, 15) is 28.2 Å². The third-order valence-corrected chi connectivity index (χ3v) is 7.73. The van der Waals surface area contributed by atoms with E-state index in [1.54, 1.807) is 25.0 Å². The smallest absolute Gasteiger partial charge is 0.246 e. The van der Waals surface area contributed by atoms with Gasteiger partial charge in [-0.2, -0.15) is 0 Å². The monoisotopic (exact) mass is 511 g/mol. The highest BCUT2D eigenvalue weighted by molar-refractivity contribution is 7.84. The predicted octanol–water partition coefficient (Wildman–Crippen LogP) is -1.12. The fraction of sp³-hybridized carbons (Fsp3) is 0.783. The molecule has 3 aliphatic heterocycles. The molecule has 0 aromatic heterocycles. The summed E-state index contributed by atoms with van der Waals surface area (Å²) < 4.78 is 11.3. The molecule has 0 saturated carbocycles. The van der Waals surface area contributed by atoms with E-state index in [4.69, 9.17) is 0 Å². The lowest BCUT2D eigenvalue weighted by Crippen LogP contribution is -2.58. The molecule has 12 heteroatoms. The molecule has 3 fully saturated rings. The van der Waals surface area contributed by atoms with Crippen molar-refractivity contribution in [3.63, 3.8) is 0 Å². The van der Waals surface area contributed by atoms with Crippen LogP contribution < -0.4 is 16.0 Å². The summed E-state index contributed by atoms with van der Waals surface area (Å²) in [6.45, 7) is 4.63. The van der Waals surface area contributed by atoms with Crippen LogP contribution in [-0.2, 0) is 34.8 Å². The van der Waals surface area contributed by atoms with Crippen LogP contribution in [0.1, 0.15) is 52.4 Å². The Bertz CT molecular complexity index is 870. The van der Waals surface area contributed by atoms with Crippen molar-refractivity contribution in [3.05, 3.63) is 0 Å². The lowest BCUT2D eigenvalue weighted by molar-refractivity contribution is -0.147. The highest BCUT2D eigenvalue weighted by Gasteiger charge is 2.44. The molecule has 3 rings (SSSR count). The average Bonchev–Trinajstić information content (AvgIpc) is 3.48. The molecule has 11 nitrogen and oxygen atoms in total. The summed E-state index contributed by atoms with van der Waals surface area (Å²) in [6.07, 6.45) is 4.11. The molecule has 1 unspecified atom stereocenters. The second-order valence-electron chi connectivity index (χ2n) is 9.85. The summed E-state index contributed by atoms with van der Waals surface area (Å²) in [4.78, 5) is 68.9. The fourth-order valence-electron chi connectivity index (χ4n) is 4.97. The quantitative estimate of drug-likeness (QED) is 0.386. The van der Waals surface area contributed by atoms with Gasteiger partial charge in [0.05, 0.1) is 6.42 Å². The van der Waals surface area contributed by atoms with Crippen LogP contribution in [-0.4, -0.2) is 99.4 Å². The van der Waals surface area contributed by atoms with Gasteiger partial charge in [0.1, 0.15) is 24.2 Å². The molecule has 3 aliphatic rings. The van der Waals surface area contributed by atoms with E-state index in [1.807, 2.05) is 0 Å². The van der Waals surface area contributed by atoms with Gasteiger partial charge in [0.25, 0.3) is 0 Å². The van der Waals surface area contributed by atoms with E-state index in [0.717, 1.165) is 0 Å². The number of hydrogen-bond acceptors (Lipinski definition) is 6. The van der Waals surface area contributed by atoms with Gasteiger partial charge >= 0.3 is 0 Å². The lowest BCUT2D eigenvalue weighted by atomic mass is 10.0. The minimum atomic E-state index is -1.16. The zero-order valence-electron chi connectivity index (χ0n) is 20.7. The first-order valence-corrected chi connectivity index (χ1v) is 14.1. The van der Waals surface area contributed by atoms with Gasteiger partial charge in [-0.25, -0.2) is 0 Å². The van der Waals surface area contributed by atoms with Crippen LogP contribution in [0.3, 0.4) is 0 Å². The molecule has 0 radical (unpaired) electrons. The van der Waals surface area contributed by atoms with Crippen molar-refractivity contribution in [1.29, 1.82) is 0 Å². The highest BCUT2D eigenvalue weighted by atomic mass is 32.2. The highest BCUT2D eigenvalue weighted by Crippen LogP contribution is 2.26. The number of fused-ring (bicyclic) bond motifs is 2. The first-order chi connectivity index (χ1) is 16.6. The van der Waals surface area contributed by atoms with Gasteiger partial charge in [0.2, 0.25) is 29.5 Å². The molecule has 0 aromatic rings. The lowest BCUT2D eigenvalue weighted by Gasteiger charge is -2.31. The van der Waals surface area contributed by atoms with Gasteiger partial charge in [-0.3, -0.25) is 28.2 Å². The van der Waals surface area contributed by atoms with Crippen LogP contribution in [0.2, 0.25) is 0 Å². The predicted molar refractivity (Wildman–Crippen MR) is 129 cm³/mol. The van der Waals surface area contributed by atoms with Crippen molar-refractivity contribution in [3.8, 4) is 0 Å². The Kier molecular flexibility index (Phi) is 9.26. The molecular weight excluding hydrogens is 474 g/mol. The number of nitrogens with zero attached hydrogens (tertiary/aromatic N) is 2. The third kappa shape index (κ3) is 6.59. The molecule has 0 bridgehead atoms. The standard InChI is InChI=1S/C23H37N5O6S/c1-14(2)19-22(32)25-15(20(30)24-9-6-12-35(3)34)13-18(29)27-10-5-8-17(27)23(33)28-11-4-7-16(28)21(31)26-19/h14-17,19H,4-13H2,1-3H3,(H,24,30)(H,25,32)(H,26,31)/t15-,16-,17+,19+,35?/m1/s1. The van der Waals surface area contributed by atoms with Crippen LogP contribution in [0.15, 0.2) is 0 Å². The topological polar surface area (TPSA) is 145 Å². The molecule has 5 atom stereocenters. The van der Waals surface area contributed by atoms with E-state index in [1.165, 1.54) is 4.90 Å². The van der Waals surface area contributed by atoms with Crippen LogP contribution in [0, 0.1) is 5.92 Å². The number of nitrogens with one attached hydrogen (secondary N) is 3. The van der Waals surface area contributed by atoms with Gasteiger partial charge in [0.15, 0.2) is 0 Å². The van der Waals surface area contributed by atoms with Crippen molar-refractivity contribution in [2.75, 3.05) is 31.6 Å². The third-order valence-electron chi connectivity index (χ3n) is 6.86. The van der Waals surface area contributed by atoms with Crippen molar-refractivity contribution in [1.82, 2.24) is 25.8 Å². The summed E-state index contributed by atoms with van der Waals surface area (Å²) in [7, 11) is -0.991. The van der Waals surface area contributed by atoms with E-state index in [0.29, 0.717) is 50.9 Å². The molecule has 196 valence electrons. The van der Waals surface area contributed by atoms with Crippen molar-refractivity contribution >= 4 is 40.3 Å². The van der Waals surface area contributed by atoms with Crippen molar-refractivity contribution in [2.24, 2.45) is 5.92 Å². The molecule has 5 amide bonds. The van der Waals surface area contributed by atoms with Gasteiger partial charge in [-0.15, -0.1) is 0 Å². The van der Waals surface area contributed by atoms with Crippen LogP contribution in [0.4, 0.5) is 0 Å².